The molecule has 104 valence electrons. The van der Waals surface area contributed by atoms with Crippen LogP contribution in [0, 0.1) is 11.6 Å². The summed E-state index contributed by atoms with van der Waals surface area (Å²) in [6, 6.07) is 0.500. The molecule has 0 N–H and O–H groups in total. The average molecular weight is 320 g/mol. The quantitative estimate of drug-likeness (QED) is 0.426. The van der Waals surface area contributed by atoms with Gasteiger partial charge in [-0.15, -0.1) is 0 Å². The van der Waals surface area contributed by atoms with E-state index in [9.17, 15) is 22.0 Å². The van der Waals surface area contributed by atoms with Crippen LogP contribution in [0.1, 0.15) is 12.0 Å². The van der Waals surface area contributed by atoms with E-state index in [0.29, 0.717) is 6.07 Å². The maximum atomic E-state index is 13.8. The molecular weight excluding hydrogens is 316 g/mol. The van der Waals surface area contributed by atoms with Crippen molar-refractivity contribution in [1.82, 2.24) is 0 Å². The fourth-order valence-electron chi connectivity index (χ4n) is 1.68. The van der Waals surface area contributed by atoms with Gasteiger partial charge in [0.15, 0.2) is 11.6 Å². The molecule has 2 nitrogen and oxygen atoms in total. The molecule has 1 heterocycles. The van der Waals surface area contributed by atoms with Gasteiger partial charge in [0.2, 0.25) is 0 Å². The van der Waals surface area contributed by atoms with Crippen LogP contribution in [0.2, 0.25) is 10.0 Å². The lowest BCUT2D eigenvalue weighted by atomic mass is 9.90. The normalized spacial score (nSPS) is 22.7. The molecule has 0 fully saturated rings. The Labute approximate surface area is 113 Å². The summed E-state index contributed by atoms with van der Waals surface area (Å²) in [5.74, 6) is -2.91. The number of alkyl halides is 3. The van der Waals surface area contributed by atoms with E-state index in [4.69, 9.17) is 23.2 Å². The summed E-state index contributed by atoms with van der Waals surface area (Å²) in [4.78, 5) is 4.29. The Morgan fingerprint density at radius 1 is 1.21 bits per heavy atom. The summed E-state index contributed by atoms with van der Waals surface area (Å²) in [7, 11) is 0. The molecule has 1 aliphatic heterocycles. The minimum atomic E-state index is -4.98. The standard InChI is InChI=1S/C10H4Cl2F5NO/c11-5-3-4(7(13)6(12)8(5)14)9(10(15,16)17)1-2-18-19-9/h2-3H,1H2. The van der Waals surface area contributed by atoms with E-state index in [-0.39, 0.29) is 0 Å². The second-order valence-electron chi connectivity index (χ2n) is 3.76. The molecular formula is C10H4Cl2F5NO. The van der Waals surface area contributed by atoms with Crippen LogP contribution in [-0.4, -0.2) is 12.4 Å². The molecule has 0 amide bonds. The van der Waals surface area contributed by atoms with Crippen molar-refractivity contribution in [2.24, 2.45) is 5.16 Å². The van der Waals surface area contributed by atoms with Crippen molar-refractivity contribution in [2.75, 3.05) is 0 Å². The van der Waals surface area contributed by atoms with Crippen molar-refractivity contribution in [3.63, 3.8) is 0 Å². The number of nitrogens with zero attached hydrogens (tertiary/aromatic N) is 1. The van der Waals surface area contributed by atoms with Crippen molar-refractivity contribution in [1.29, 1.82) is 0 Å². The van der Waals surface area contributed by atoms with Crippen LogP contribution in [0.5, 0.6) is 0 Å². The molecule has 1 unspecified atom stereocenters. The monoisotopic (exact) mass is 319 g/mol. The largest absolute Gasteiger partial charge is 0.435 e. The zero-order chi connectivity index (χ0) is 14.4. The Hall–Kier alpha value is -1.08. The van der Waals surface area contributed by atoms with E-state index in [0.717, 1.165) is 6.21 Å². The van der Waals surface area contributed by atoms with E-state index in [1.165, 1.54) is 0 Å². The minimum absolute atomic E-state index is 0.500. The van der Waals surface area contributed by atoms with E-state index in [1.807, 2.05) is 0 Å². The molecule has 1 aromatic carbocycles. The molecule has 1 atom stereocenters. The highest BCUT2D eigenvalue weighted by Crippen LogP contribution is 2.49. The Bertz CT molecular complexity index is 550. The first-order valence-corrected chi connectivity index (χ1v) is 5.56. The molecule has 1 aromatic rings. The Morgan fingerprint density at radius 3 is 2.32 bits per heavy atom. The fraction of sp³-hybridized carbons (Fsp3) is 0.300. The first-order valence-electron chi connectivity index (χ1n) is 4.81. The topological polar surface area (TPSA) is 21.6 Å². The summed E-state index contributed by atoms with van der Waals surface area (Å²) in [5.41, 5.74) is -4.05. The van der Waals surface area contributed by atoms with Gasteiger partial charge in [0, 0.05) is 18.2 Å². The number of hydrogen-bond donors (Lipinski definition) is 0. The summed E-state index contributed by atoms with van der Waals surface area (Å²) < 4.78 is 66.3. The molecule has 0 radical (unpaired) electrons. The van der Waals surface area contributed by atoms with Crippen molar-refractivity contribution in [3.8, 4) is 0 Å². The zero-order valence-electron chi connectivity index (χ0n) is 8.86. The predicted octanol–water partition coefficient (Wildman–Crippen LogP) is 4.44. The second kappa shape index (κ2) is 4.49. The molecule has 0 saturated heterocycles. The second-order valence-corrected chi connectivity index (χ2v) is 4.54. The summed E-state index contributed by atoms with van der Waals surface area (Å²) >= 11 is 10.7. The van der Waals surface area contributed by atoms with Crippen molar-refractivity contribution in [3.05, 3.63) is 33.3 Å². The molecule has 0 saturated carbocycles. The van der Waals surface area contributed by atoms with E-state index >= 15 is 0 Å². The van der Waals surface area contributed by atoms with Crippen molar-refractivity contribution in [2.45, 2.75) is 18.2 Å². The molecule has 0 aromatic heterocycles. The summed E-state index contributed by atoms with van der Waals surface area (Å²) in [6.07, 6.45) is -4.90. The molecule has 1 aliphatic rings. The third-order valence-electron chi connectivity index (χ3n) is 2.66. The third-order valence-corrected chi connectivity index (χ3v) is 3.26. The van der Waals surface area contributed by atoms with Crippen molar-refractivity contribution >= 4 is 29.4 Å². The lowest BCUT2D eigenvalue weighted by molar-refractivity contribution is -0.276. The van der Waals surface area contributed by atoms with Crippen molar-refractivity contribution < 1.29 is 26.8 Å². The first kappa shape index (κ1) is 14.3. The maximum absolute atomic E-state index is 13.8. The van der Waals surface area contributed by atoms with E-state index in [1.54, 1.807) is 0 Å². The lowest BCUT2D eigenvalue weighted by Gasteiger charge is -2.29. The number of benzene rings is 1. The minimum Gasteiger partial charge on any atom is -0.374 e. The summed E-state index contributed by atoms with van der Waals surface area (Å²) in [5, 5.41) is 1.15. The zero-order valence-corrected chi connectivity index (χ0v) is 10.4. The maximum Gasteiger partial charge on any atom is 0.435 e. The molecule has 0 aliphatic carbocycles. The van der Waals surface area contributed by atoms with Gasteiger partial charge >= 0.3 is 6.18 Å². The fourth-order valence-corrected chi connectivity index (χ4v) is 2.13. The van der Waals surface area contributed by atoms with Gasteiger partial charge in [-0.3, -0.25) is 0 Å². The average Bonchev–Trinajstić information content (AvgIpc) is 2.81. The summed E-state index contributed by atoms with van der Waals surface area (Å²) in [6.45, 7) is 0. The van der Waals surface area contributed by atoms with Crippen LogP contribution < -0.4 is 0 Å². The van der Waals surface area contributed by atoms with Crippen LogP contribution >= 0.6 is 23.2 Å². The molecule has 9 heteroatoms. The van der Waals surface area contributed by atoms with Crippen LogP contribution in [-0.2, 0) is 10.4 Å². The molecule has 19 heavy (non-hydrogen) atoms. The van der Waals surface area contributed by atoms with Crippen LogP contribution in [0.3, 0.4) is 0 Å². The van der Waals surface area contributed by atoms with Crippen LogP contribution in [0.4, 0.5) is 22.0 Å². The van der Waals surface area contributed by atoms with Crippen LogP contribution in [0.25, 0.3) is 0 Å². The Morgan fingerprint density at radius 2 is 1.84 bits per heavy atom. The molecule has 2 rings (SSSR count). The lowest BCUT2D eigenvalue weighted by Crippen LogP contribution is -2.43. The van der Waals surface area contributed by atoms with Gasteiger partial charge in [-0.1, -0.05) is 28.4 Å². The predicted molar refractivity (Wildman–Crippen MR) is 58.3 cm³/mol. The molecule has 0 spiro atoms. The smallest absolute Gasteiger partial charge is 0.374 e. The highest BCUT2D eigenvalue weighted by Gasteiger charge is 2.62. The third kappa shape index (κ3) is 2.04. The molecule has 0 bridgehead atoms. The van der Waals surface area contributed by atoms with Crippen LogP contribution in [0.15, 0.2) is 11.2 Å². The van der Waals surface area contributed by atoms with Gasteiger partial charge in [0.05, 0.1) is 5.02 Å². The number of halogens is 7. The van der Waals surface area contributed by atoms with Gasteiger partial charge < -0.3 is 4.84 Å². The van der Waals surface area contributed by atoms with Gasteiger partial charge in [-0.05, 0) is 6.07 Å². The first-order chi connectivity index (χ1) is 8.71. The van der Waals surface area contributed by atoms with Gasteiger partial charge in [0.1, 0.15) is 5.02 Å². The number of hydrogen-bond acceptors (Lipinski definition) is 2. The van der Waals surface area contributed by atoms with Gasteiger partial charge in [0.25, 0.3) is 5.60 Å². The SMILES string of the molecule is Fc1c(Cl)cc(C2(C(F)(F)F)CC=NO2)c(F)c1Cl. The van der Waals surface area contributed by atoms with Gasteiger partial charge in [-0.2, -0.15) is 13.2 Å². The number of rotatable bonds is 1. The highest BCUT2D eigenvalue weighted by molar-refractivity contribution is 6.35. The van der Waals surface area contributed by atoms with E-state index < -0.39 is 45.4 Å². The Balaban J connectivity index is 2.69. The number of oxime groups is 1. The van der Waals surface area contributed by atoms with Gasteiger partial charge in [-0.25, -0.2) is 8.78 Å². The van der Waals surface area contributed by atoms with E-state index in [2.05, 4.69) is 9.99 Å². The highest BCUT2D eigenvalue weighted by atomic mass is 35.5. The Kier molecular flexibility index (Phi) is 3.38.